The predicted octanol–water partition coefficient (Wildman–Crippen LogP) is 4.65. The summed E-state index contributed by atoms with van der Waals surface area (Å²) in [5, 5.41) is 14.6. The molecule has 0 aliphatic heterocycles. The fourth-order valence-corrected chi connectivity index (χ4v) is 5.50. The summed E-state index contributed by atoms with van der Waals surface area (Å²) >= 11 is 12.2. The molecular weight excluding hydrogens is 567 g/mol. The van der Waals surface area contributed by atoms with Crippen molar-refractivity contribution < 1.29 is 22.9 Å². The van der Waals surface area contributed by atoms with E-state index in [9.17, 15) is 28.1 Å². The minimum absolute atomic E-state index is 0.0812. The lowest BCUT2D eigenvalue weighted by Crippen LogP contribution is -2.51. The average Bonchev–Trinajstić information content (AvgIpc) is 2.92. The Hall–Kier alpha value is -3.67. The molecule has 2 amide bonds. The van der Waals surface area contributed by atoms with Crippen LogP contribution in [0.3, 0.4) is 0 Å². The molecule has 1 N–H and O–H groups in total. The van der Waals surface area contributed by atoms with Gasteiger partial charge in [-0.05, 0) is 49.7 Å². The van der Waals surface area contributed by atoms with E-state index >= 15 is 0 Å². The van der Waals surface area contributed by atoms with Gasteiger partial charge >= 0.3 is 0 Å². The van der Waals surface area contributed by atoms with E-state index in [2.05, 4.69) is 5.32 Å². The van der Waals surface area contributed by atoms with Gasteiger partial charge < -0.3 is 10.2 Å². The van der Waals surface area contributed by atoms with Crippen molar-refractivity contribution in [2.24, 2.45) is 0 Å². The molecule has 0 aromatic heterocycles. The number of anilines is 1. The van der Waals surface area contributed by atoms with Gasteiger partial charge in [0.1, 0.15) is 12.6 Å². The number of benzene rings is 3. The topological polar surface area (TPSA) is 130 Å². The molecule has 0 saturated carbocycles. The second-order valence-electron chi connectivity index (χ2n) is 8.44. The molecule has 3 aromatic carbocycles. The molecule has 0 saturated heterocycles. The zero-order valence-corrected chi connectivity index (χ0v) is 23.4. The molecule has 13 heteroatoms. The number of sulfonamides is 1. The monoisotopic (exact) mass is 592 g/mol. The van der Waals surface area contributed by atoms with E-state index in [1.54, 1.807) is 31.2 Å². The summed E-state index contributed by atoms with van der Waals surface area (Å²) in [6.07, 6.45) is 0. The summed E-state index contributed by atoms with van der Waals surface area (Å²) in [5.74, 6) is -1.16. The van der Waals surface area contributed by atoms with Gasteiger partial charge in [-0.15, -0.1) is 0 Å². The van der Waals surface area contributed by atoms with Crippen LogP contribution in [0.5, 0.6) is 0 Å². The molecule has 0 aliphatic rings. The van der Waals surface area contributed by atoms with Crippen molar-refractivity contribution in [2.75, 3.05) is 17.4 Å². The molecule has 0 fully saturated rings. The molecule has 3 aromatic rings. The van der Waals surface area contributed by atoms with Gasteiger partial charge in [-0.3, -0.25) is 24.0 Å². The van der Waals surface area contributed by atoms with Crippen LogP contribution >= 0.6 is 23.2 Å². The summed E-state index contributed by atoms with van der Waals surface area (Å²) < 4.78 is 28.2. The molecule has 10 nitrogen and oxygen atoms in total. The number of nitrogens with zero attached hydrogens (tertiary/aromatic N) is 3. The van der Waals surface area contributed by atoms with Crippen molar-refractivity contribution in [3.05, 3.63) is 98.5 Å². The number of nitro benzene ring substituents is 1. The number of hydrogen-bond acceptors (Lipinski definition) is 6. The highest BCUT2D eigenvalue weighted by Crippen LogP contribution is 2.28. The van der Waals surface area contributed by atoms with Crippen LogP contribution in [0.25, 0.3) is 0 Å². The quantitative estimate of drug-likeness (QED) is 0.255. The Morgan fingerprint density at radius 3 is 2.31 bits per heavy atom. The van der Waals surface area contributed by atoms with Crippen molar-refractivity contribution in [1.29, 1.82) is 0 Å². The SMILES string of the molecule is CCNC(=O)[C@@H](C)N(Cc1ccc(Cl)c(Cl)c1)C(=O)CN(c1cccc([N+](=O)[O-])c1)S(=O)(=O)c1ccccc1. The lowest BCUT2D eigenvalue weighted by molar-refractivity contribution is -0.384. The number of rotatable bonds is 11. The summed E-state index contributed by atoms with van der Waals surface area (Å²) in [6.45, 7) is 2.75. The molecule has 3 rings (SSSR count). The number of nitro groups is 1. The minimum Gasteiger partial charge on any atom is -0.355 e. The maximum absolute atomic E-state index is 13.8. The van der Waals surface area contributed by atoms with Crippen LogP contribution < -0.4 is 9.62 Å². The van der Waals surface area contributed by atoms with Crippen molar-refractivity contribution >= 4 is 56.4 Å². The molecule has 1 atom stereocenters. The number of nitrogens with one attached hydrogen (secondary N) is 1. The van der Waals surface area contributed by atoms with E-state index in [0.717, 1.165) is 10.4 Å². The molecule has 39 heavy (non-hydrogen) atoms. The Bertz CT molecular complexity index is 1470. The van der Waals surface area contributed by atoms with E-state index in [1.807, 2.05) is 0 Å². The number of amides is 2. The average molecular weight is 593 g/mol. The van der Waals surface area contributed by atoms with E-state index in [0.29, 0.717) is 17.1 Å². The van der Waals surface area contributed by atoms with Crippen LogP contribution in [0.15, 0.2) is 77.7 Å². The first-order valence-corrected chi connectivity index (χ1v) is 14.0. The highest BCUT2D eigenvalue weighted by Gasteiger charge is 2.33. The lowest BCUT2D eigenvalue weighted by Gasteiger charge is -2.32. The second kappa shape index (κ2) is 12.9. The van der Waals surface area contributed by atoms with Gasteiger partial charge in [-0.25, -0.2) is 8.42 Å². The molecule has 0 aliphatic carbocycles. The van der Waals surface area contributed by atoms with Crippen LogP contribution in [0.4, 0.5) is 11.4 Å². The number of non-ortho nitro benzene ring substituents is 1. The maximum Gasteiger partial charge on any atom is 0.271 e. The van der Waals surface area contributed by atoms with Crippen molar-refractivity contribution in [1.82, 2.24) is 10.2 Å². The van der Waals surface area contributed by atoms with Crippen molar-refractivity contribution in [3.63, 3.8) is 0 Å². The molecule has 0 unspecified atom stereocenters. The Labute approximate surface area is 236 Å². The van der Waals surface area contributed by atoms with E-state index in [1.165, 1.54) is 54.3 Å². The number of likely N-dealkylation sites (N-methyl/N-ethyl adjacent to an activating group) is 1. The molecule has 0 spiro atoms. The zero-order valence-electron chi connectivity index (χ0n) is 21.1. The summed E-state index contributed by atoms with van der Waals surface area (Å²) in [4.78, 5) is 38.4. The summed E-state index contributed by atoms with van der Waals surface area (Å²) in [5.41, 5.74) is 0.125. The largest absolute Gasteiger partial charge is 0.355 e. The zero-order chi connectivity index (χ0) is 28.7. The van der Waals surface area contributed by atoms with Crippen LogP contribution in [0, 0.1) is 10.1 Å². The maximum atomic E-state index is 13.8. The highest BCUT2D eigenvalue weighted by atomic mass is 35.5. The fraction of sp³-hybridized carbons (Fsp3) is 0.231. The molecule has 0 radical (unpaired) electrons. The first kappa shape index (κ1) is 29.9. The Morgan fingerprint density at radius 1 is 1.00 bits per heavy atom. The minimum atomic E-state index is -4.34. The van der Waals surface area contributed by atoms with E-state index in [-0.39, 0.29) is 27.8 Å². The third-order valence-corrected chi connectivity index (χ3v) is 8.32. The van der Waals surface area contributed by atoms with Crippen molar-refractivity contribution in [3.8, 4) is 0 Å². The first-order valence-electron chi connectivity index (χ1n) is 11.8. The van der Waals surface area contributed by atoms with Gasteiger partial charge in [-0.1, -0.05) is 53.5 Å². The number of carbonyl (C=O) groups excluding carboxylic acids is 2. The van der Waals surface area contributed by atoms with E-state index < -0.39 is 39.3 Å². The van der Waals surface area contributed by atoms with Crippen LogP contribution in [-0.4, -0.2) is 49.2 Å². The van der Waals surface area contributed by atoms with Gasteiger partial charge in [0.25, 0.3) is 15.7 Å². The van der Waals surface area contributed by atoms with Gasteiger partial charge in [0.15, 0.2) is 0 Å². The number of carbonyl (C=O) groups is 2. The lowest BCUT2D eigenvalue weighted by atomic mass is 10.1. The van der Waals surface area contributed by atoms with Crippen LogP contribution in [-0.2, 0) is 26.2 Å². The molecule has 206 valence electrons. The van der Waals surface area contributed by atoms with Gasteiger partial charge in [0.05, 0.1) is 25.6 Å². The smallest absolute Gasteiger partial charge is 0.271 e. The first-order chi connectivity index (χ1) is 18.4. The Balaban J connectivity index is 2.07. The van der Waals surface area contributed by atoms with E-state index in [4.69, 9.17) is 23.2 Å². The number of halogens is 2. The van der Waals surface area contributed by atoms with Gasteiger partial charge in [0, 0.05) is 25.2 Å². The van der Waals surface area contributed by atoms with Crippen molar-refractivity contribution in [2.45, 2.75) is 31.3 Å². The highest BCUT2D eigenvalue weighted by molar-refractivity contribution is 7.92. The normalized spacial score (nSPS) is 11.9. The van der Waals surface area contributed by atoms with Crippen LogP contribution in [0.2, 0.25) is 10.0 Å². The van der Waals surface area contributed by atoms with Crippen LogP contribution in [0.1, 0.15) is 19.4 Å². The summed E-state index contributed by atoms with van der Waals surface area (Å²) in [7, 11) is -4.34. The third-order valence-electron chi connectivity index (χ3n) is 5.79. The number of hydrogen-bond donors (Lipinski definition) is 1. The fourth-order valence-electron chi connectivity index (χ4n) is 3.75. The molecule has 0 bridgehead atoms. The van der Waals surface area contributed by atoms with Gasteiger partial charge in [0.2, 0.25) is 11.8 Å². The second-order valence-corrected chi connectivity index (χ2v) is 11.1. The van der Waals surface area contributed by atoms with Gasteiger partial charge in [-0.2, -0.15) is 0 Å². The third kappa shape index (κ3) is 7.25. The standard InChI is InChI=1S/C26H26Cl2N4O6S/c1-3-29-26(34)18(2)30(16-19-12-13-23(27)24(28)14-19)25(33)17-31(20-8-7-9-21(15-20)32(35)36)39(37,38)22-10-5-4-6-11-22/h4-15,18H,3,16-17H2,1-2H3,(H,29,34)/t18-/m1/s1. The molecular formula is C26H26Cl2N4O6S. The predicted molar refractivity (Wildman–Crippen MR) is 149 cm³/mol. The Morgan fingerprint density at radius 2 is 1.69 bits per heavy atom. The molecule has 0 heterocycles. The summed E-state index contributed by atoms with van der Waals surface area (Å²) in [6, 6.07) is 16.1. The Kier molecular flexibility index (Phi) is 9.90.